The van der Waals surface area contributed by atoms with E-state index < -0.39 is 17.7 Å². The molecule has 1 rings (SSSR count). The van der Waals surface area contributed by atoms with Crippen molar-refractivity contribution in [2.45, 2.75) is 32.9 Å². The summed E-state index contributed by atoms with van der Waals surface area (Å²) in [6.07, 6.45) is -0.586. The quantitative estimate of drug-likeness (QED) is 0.813. The van der Waals surface area contributed by atoms with Crippen molar-refractivity contribution >= 4 is 28.0 Å². The van der Waals surface area contributed by atoms with Gasteiger partial charge in [0, 0.05) is 23.6 Å². The predicted molar refractivity (Wildman–Crippen MR) is 84.0 cm³/mol. The van der Waals surface area contributed by atoms with Crippen LogP contribution in [-0.2, 0) is 16.0 Å². The summed E-state index contributed by atoms with van der Waals surface area (Å²) in [5.41, 5.74) is -0.871. The number of aromatic nitrogens is 1. The molecule has 0 saturated heterocycles. The third-order valence-electron chi connectivity index (χ3n) is 2.49. The number of hydrogen-bond acceptors (Lipinski definition) is 5. The molecular weight excluding hydrogens is 356 g/mol. The van der Waals surface area contributed by atoms with Crippen molar-refractivity contribution in [3.63, 3.8) is 0 Å². The van der Waals surface area contributed by atoms with E-state index in [2.05, 4.69) is 26.0 Å². The summed E-state index contributed by atoms with van der Waals surface area (Å²) in [4.78, 5) is 35.2. The topological polar surface area (TPSA) is 86.6 Å². The number of amides is 1. The van der Waals surface area contributed by atoms with Gasteiger partial charge >= 0.3 is 12.1 Å². The Morgan fingerprint density at radius 1 is 1.32 bits per heavy atom. The van der Waals surface area contributed by atoms with Crippen LogP contribution in [0.25, 0.3) is 0 Å². The number of hydrogen-bond donors (Lipinski definition) is 1. The molecule has 0 bridgehead atoms. The van der Waals surface area contributed by atoms with Crippen LogP contribution in [0.3, 0.4) is 0 Å². The first-order chi connectivity index (χ1) is 10.1. The average Bonchev–Trinajstić information content (AvgIpc) is 2.37. The van der Waals surface area contributed by atoms with E-state index in [4.69, 9.17) is 4.74 Å². The van der Waals surface area contributed by atoms with Crippen molar-refractivity contribution in [1.29, 1.82) is 0 Å². The molecule has 8 heteroatoms. The van der Waals surface area contributed by atoms with Crippen molar-refractivity contribution in [3.05, 3.63) is 32.7 Å². The van der Waals surface area contributed by atoms with Crippen molar-refractivity contribution in [3.8, 4) is 0 Å². The fraction of sp³-hybridized carbons (Fsp3) is 0.500. The first-order valence-electron chi connectivity index (χ1n) is 6.59. The lowest BCUT2D eigenvalue weighted by Crippen LogP contribution is -2.36. The highest BCUT2D eigenvalue weighted by Gasteiger charge is 2.17. The molecular formula is C14H19BrN2O5. The van der Waals surface area contributed by atoms with Gasteiger partial charge in [-0.1, -0.05) is 15.9 Å². The third kappa shape index (κ3) is 5.51. The molecule has 7 nitrogen and oxygen atoms in total. The summed E-state index contributed by atoms with van der Waals surface area (Å²) >= 11 is 3.16. The largest absolute Gasteiger partial charge is 0.464 e. The van der Waals surface area contributed by atoms with Crippen LogP contribution in [-0.4, -0.2) is 35.9 Å². The van der Waals surface area contributed by atoms with Crippen LogP contribution in [0, 0.1) is 0 Å². The second-order valence-electron chi connectivity index (χ2n) is 5.47. The van der Waals surface area contributed by atoms with E-state index >= 15 is 0 Å². The Labute approximate surface area is 136 Å². The Morgan fingerprint density at radius 2 is 1.95 bits per heavy atom. The van der Waals surface area contributed by atoms with E-state index in [1.165, 1.54) is 23.8 Å². The SMILES string of the molecule is COC(=O)c1cc(Br)cc(=O)n1CCNC(=O)OC(C)(C)C. The molecule has 0 fully saturated rings. The van der Waals surface area contributed by atoms with Gasteiger partial charge in [-0.05, 0) is 26.8 Å². The number of esters is 1. The standard InChI is InChI=1S/C14H19BrN2O5/c1-14(2,3)22-13(20)16-5-6-17-10(12(19)21-4)7-9(15)8-11(17)18/h7-8H,5-6H2,1-4H3,(H,16,20). The third-order valence-corrected chi connectivity index (χ3v) is 2.95. The first kappa shape index (κ1) is 18.2. The zero-order valence-corrected chi connectivity index (χ0v) is 14.5. The van der Waals surface area contributed by atoms with Crippen LogP contribution >= 0.6 is 15.9 Å². The molecule has 1 amide bonds. The smallest absolute Gasteiger partial charge is 0.407 e. The molecule has 0 aliphatic rings. The van der Waals surface area contributed by atoms with Gasteiger partial charge in [-0.15, -0.1) is 0 Å². The first-order valence-corrected chi connectivity index (χ1v) is 7.39. The molecule has 1 heterocycles. The fourth-order valence-corrected chi connectivity index (χ4v) is 2.07. The molecule has 1 aromatic rings. The Kier molecular flexibility index (Phi) is 6.16. The lowest BCUT2D eigenvalue weighted by atomic mass is 10.2. The number of carbonyl (C=O) groups is 2. The van der Waals surface area contributed by atoms with Gasteiger partial charge in [0.2, 0.25) is 0 Å². The Hall–Kier alpha value is -1.83. The lowest BCUT2D eigenvalue weighted by Gasteiger charge is -2.20. The number of nitrogens with zero attached hydrogens (tertiary/aromatic N) is 1. The van der Waals surface area contributed by atoms with Gasteiger partial charge in [-0.25, -0.2) is 9.59 Å². The van der Waals surface area contributed by atoms with Gasteiger partial charge in [-0.2, -0.15) is 0 Å². The number of alkyl carbamates (subject to hydrolysis) is 1. The summed E-state index contributed by atoms with van der Waals surface area (Å²) in [5, 5.41) is 2.53. The van der Waals surface area contributed by atoms with E-state index in [1.54, 1.807) is 20.8 Å². The highest BCUT2D eigenvalue weighted by atomic mass is 79.9. The molecule has 0 atom stereocenters. The minimum atomic E-state index is -0.629. The Bertz CT molecular complexity index is 619. The zero-order valence-electron chi connectivity index (χ0n) is 12.9. The highest BCUT2D eigenvalue weighted by Crippen LogP contribution is 2.10. The number of halogens is 1. The van der Waals surface area contributed by atoms with Gasteiger partial charge in [0.1, 0.15) is 11.3 Å². The van der Waals surface area contributed by atoms with Gasteiger partial charge in [0.05, 0.1) is 7.11 Å². The second-order valence-corrected chi connectivity index (χ2v) is 6.38. The minimum absolute atomic E-state index is 0.105. The van der Waals surface area contributed by atoms with Crippen LogP contribution in [0.5, 0.6) is 0 Å². The van der Waals surface area contributed by atoms with E-state index in [-0.39, 0.29) is 24.3 Å². The monoisotopic (exact) mass is 374 g/mol. The Balaban J connectivity index is 2.80. The molecule has 1 N–H and O–H groups in total. The number of pyridine rings is 1. The maximum Gasteiger partial charge on any atom is 0.407 e. The molecule has 122 valence electrons. The van der Waals surface area contributed by atoms with Gasteiger partial charge in [0.15, 0.2) is 0 Å². The van der Waals surface area contributed by atoms with E-state index in [0.29, 0.717) is 4.47 Å². The molecule has 1 aromatic heterocycles. The molecule has 0 aliphatic carbocycles. The normalized spacial score (nSPS) is 11.0. The van der Waals surface area contributed by atoms with Crippen LogP contribution in [0.4, 0.5) is 4.79 Å². The van der Waals surface area contributed by atoms with Gasteiger partial charge in [-0.3, -0.25) is 4.79 Å². The van der Waals surface area contributed by atoms with Crippen LogP contribution in [0.15, 0.2) is 21.4 Å². The number of rotatable bonds is 4. The number of carbonyl (C=O) groups excluding carboxylic acids is 2. The van der Waals surface area contributed by atoms with Crippen LogP contribution in [0.2, 0.25) is 0 Å². The lowest BCUT2D eigenvalue weighted by molar-refractivity contribution is 0.0526. The van der Waals surface area contributed by atoms with E-state index in [0.717, 1.165) is 0 Å². The predicted octanol–water partition coefficient (Wildman–Crippen LogP) is 1.92. The molecule has 0 aliphatic heterocycles. The van der Waals surface area contributed by atoms with Crippen molar-refractivity contribution < 1.29 is 19.1 Å². The van der Waals surface area contributed by atoms with E-state index in [1.807, 2.05) is 0 Å². The summed E-state index contributed by atoms with van der Waals surface area (Å²) in [7, 11) is 1.23. The van der Waals surface area contributed by atoms with Crippen molar-refractivity contribution in [2.24, 2.45) is 0 Å². The average molecular weight is 375 g/mol. The van der Waals surface area contributed by atoms with Gasteiger partial charge < -0.3 is 19.4 Å². The molecule has 22 heavy (non-hydrogen) atoms. The Morgan fingerprint density at radius 3 is 2.50 bits per heavy atom. The van der Waals surface area contributed by atoms with Crippen LogP contribution in [0.1, 0.15) is 31.3 Å². The summed E-state index contributed by atoms with van der Waals surface area (Å²) in [5.74, 6) is -0.629. The summed E-state index contributed by atoms with van der Waals surface area (Å²) < 4.78 is 11.4. The second kappa shape index (κ2) is 7.44. The van der Waals surface area contributed by atoms with Gasteiger partial charge in [0.25, 0.3) is 5.56 Å². The van der Waals surface area contributed by atoms with Crippen LogP contribution < -0.4 is 10.9 Å². The minimum Gasteiger partial charge on any atom is -0.464 e. The molecule has 0 saturated carbocycles. The fourth-order valence-electron chi connectivity index (χ4n) is 1.65. The maximum atomic E-state index is 12.0. The van der Waals surface area contributed by atoms with E-state index in [9.17, 15) is 14.4 Å². The molecule has 0 unspecified atom stereocenters. The zero-order chi connectivity index (χ0) is 16.9. The summed E-state index contributed by atoms with van der Waals surface area (Å²) in [6.45, 7) is 5.51. The number of ether oxygens (including phenoxy) is 2. The number of methoxy groups -OCH3 is 1. The van der Waals surface area contributed by atoms with Crippen molar-refractivity contribution in [1.82, 2.24) is 9.88 Å². The maximum absolute atomic E-state index is 12.0. The number of nitrogens with one attached hydrogen (secondary N) is 1. The molecule has 0 radical (unpaired) electrons. The molecule has 0 spiro atoms. The van der Waals surface area contributed by atoms with Crippen molar-refractivity contribution in [2.75, 3.05) is 13.7 Å². The molecule has 0 aromatic carbocycles. The summed E-state index contributed by atoms with van der Waals surface area (Å²) in [6, 6.07) is 2.82. The highest BCUT2D eigenvalue weighted by molar-refractivity contribution is 9.10.